The summed E-state index contributed by atoms with van der Waals surface area (Å²) in [6, 6.07) is 15.5. The molecule has 0 aliphatic carbocycles. The lowest BCUT2D eigenvalue weighted by atomic mass is 10.0. The van der Waals surface area contributed by atoms with Gasteiger partial charge in [0.1, 0.15) is 18.1 Å². The summed E-state index contributed by atoms with van der Waals surface area (Å²) in [4.78, 5) is 62.2. The molecule has 4 amide bonds. The van der Waals surface area contributed by atoms with Crippen LogP contribution in [0.1, 0.15) is 44.2 Å². The van der Waals surface area contributed by atoms with Crippen molar-refractivity contribution in [3.05, 3.63) is 71.8 Å². The van der Waals surface area contributed by atoms with Gasteiger partial charge in [-0.15, -0.1) is 0 Å². The van der Waals surface area contributed by atoms with Crippen LogP contribution in [0.5, 0.6) is 0 Å². The van der Waals surface area contributed by atoms with E-state index in [-0.39, 0.29) is 38.2 Å². The SMILES string of the molecule is CCOC(=O)[C@H](CCC(N)=O)NC(=O)[C@H](Cc1ccccc1)NC(=O)[C@H](C)NC(=O)CCc1ccccc1. The summed E-state index contributed by atoms with van der Waals surface area (Å²) < 4.78 is 5.01. The molecule has 204 valence electrons. The number of nitrogens with two attached hydrogens (primary N) is 1. The van der Waals surface area contributed by atoms with E-state index in [0.29, 0.717) is 6.42 Å². The minimum atomic E-state index is -1.11. The van der Waals surface area contributed by atoms with Crippen LogP contribution in [0.2, 0.25) is 0 Å². The highest BCUT2D eigenvalue weighted by molar-refractivity contribution is 5.93. The van der Waals surface area contributed by atoms with Crippen molar-refractivity contribution in [2.45, 2.75) is 64.1 Å². The van der Waals surface area contributed by atoms with Crippen molar-refractivity contribution in [3.8, 4) is 0 Å². The number of ether oxygens (including phenoxy) is 1. The summed E-state index contributed by atoms with van der Waals surface area (Å²) in [6.45, 7) is 3.24. The third kappa shape index (κ3) is 10.8. The van der Waals surface area contributed by atoms with Crippen molar-refractivity contribution in [2.24, 2.45) is 5.73 Å². The van der Waals surface area contributed by atoms with Crippen LogP contribution in [-0.2, 0) is 41.6 Å². The molecule has 10 nitrogen and oxygen atoms in total. The first-order valence-electron chi connectivity index (χ1n) is 12.6. The maximum atomic E-state index is 13.2. The van der Waals surface area contributed by atoms with E-state index in [1.165, 1.54) is 6.92 Å². The quantitative estimate of drug-likeness (QED) is 0.256. The van der Waals surface area contributed by atoms with Crippen molar-refractivity contribution in [3.63, 3.8) is 0 Å². The first-order chi connectivity index (χ1) is 18.2. The zero-order chi connectivity index (χ0) is 27.9. The molecule has 5 N–H and O–H groups in total. The summed E-state index contributed by atoms with van der Waals surface area (Å²) >= 11 is 0. The van der Waals surface area contributed by atoms with Crippen LogP contribution < -0.4 is 21.7 Å². The van der Waals surface area contributed by atoms with Gasteiger partial charge in [-0.25, -0.2) is 4.79 Å². The van der Waals surface area contributed by atoms with Gasteiger partial charge in [-0.05, 0) is 37.8 Å². The average Bonchev–Trinajstić information content (AvgIpc) is 2.90. The van der Waals surface area contributed by atoms with Crippen LogP contribution in [0.25, 0.3) is 0 Å². The molecule has 0 bridgehead atoms. The molecule has 0 radical (unpaired) electrons. The Balaban J connectivity index is 2.06. The highest BCUT2D eigenvalue weighted by Crippen LogP contribution is 2.07. The molecule has 0 saturated carbocycles. The second-order valence-corrected chi connectivity index (χ2v) is 8.84. The average molecular weight is 525 g/mol. The minimum Gasteiger partial charge on any atom is -0.464 e. The third-order valence-corrected chi connectivity index (χ3v) is 5.74. The number of amides is 4. The number of nitrogens with one attached hydrogen (secondary N) is 3. The lowest BCUT2D eigenvalue weighted by Gasteiger charge is -2.24. The van der Waals surface area contributed by atoms with Crippen molar-refractivity contribution < 1.29 is 28.7 Å². The molecule has 0 spiro atoms. The number of hydrogen-bond donors (Lipinski definition) is 4. The molecule has 3 atom stereocenters. The van der Waals surface area contributed by atoms with Crippen LogP contribution in [-0.4, -0.2) is 54.3 Å². The van der Waals surface area contributed by atoms with Gasteiger partial charge >= 0.3 is 5.97 Å². The highest BCUT2D eigenvalue weighted by Gasteiger charge is 2.29. The summed E-state index contributed by atoms with van der Waals surface area (Å²) in [6.07, 6.45) is 0.695. The number of hydrogen-bond acceptors (Lipinski definition) is 6. The molecule has 10 heteroatoms. The second kappa shape index (κ2) is 15.8. The molecule has 0 unspecified atom stereocenters. The highest BCUT2D eigenvalue weighted by atomic mass is 16.5. The van der Waals surface area contributed by atoms with E-state index in [4.69, 9.17) is 10.5 Å². The number of esters is 1. The van der Waals surface area contributed by atoms with Crippen molar-refractivity contribution in [2.75, 3.05) is 6.61 Å². The number of carbonyl (C=O) groups is 5. The van der Waals surface area contributed by atoms with Crippen LogP contribution in [0.4, 0.5) is 0 Å². The summed E-state index contributed by atoms with van der Waals surface area (Å²) in [5.41, 5.74) is 6.99. The van der Waals surface area contributed by atoms with E-state index in [1.807, 2.05) is 36.4 Å². The fourth-order valence-corrected chi connectivity index (χ4v) is 3.69. The Labute approximate surface area is 222 Å². The lowest BCUT2D eigenvalue weighted by molar-refractivity contribution is -0.148. The Morgan fingerprint density at radius 2 is 1.37 bits per heavy atom. The lowest BCUT2D eigenvalue weighted by Crippen LogP contribution is -2.56. The number of benzene rings is 2. The van der Waals surface area contributed by atoms with Gasteiger partial charge in [-0.2, -0.15) is 0 Å². The van der Waals surface area contributed by atoms with Crippen LogP contribution in [0.15, 0.2) is 60.7 Å². The van der Waals surface area contributed by atoms with Gasteiger partial charge in [0.2, 0.25) is 23.6 Å². The van der Waals surface area contributed by atoms with E-state index < -0.39 is 41.8 Å². The smallest absolute Gasteiger partial charge is 0.328 e. The largest absolute Gasteiger partial charge is 0.464 e. The molecule has 38 heavy (non-hydrogen) atoms. The first-order valence-corrected chi connectivity index (χ1v) is 12.6. The Morgan fingerprint density at radius 1 is 0.789 bits per heavy atom. The van der Waals surface area contributed by atoms with E-state index in [2.05, 4.69) is 16.0 Å². The predicted molar refractivity (Wildman–Crippen MR) is 141 cm³/mol. The fourth-order valence-electron chi connectivity index (χ4n) is 3.69. The van der Waals surface area contributed by atoms with Gasteiger partial charge in [0, 0.05) is 19.3 Å². The standard InChI is InChI=1S/C28H36N4O6/c1-3-38-28(37)22(15-16-24(29)33)31-27(36)23(18-21-12-8-5-9-13-21)32-26(35)19(2)30-25(34)17-14-20-10-6-4-7-11-20/h4-13,19,22-23H,3,14-18H2,1-2H3,(H2,29,33)(H,30,34)(H,31,36)(H,32,35)/t19-,22-,23-/m0/s1. The van der Waals surface area contributed by atoms with E-state index in [0.717, 1.165) is 11.1 Å². The Kier molecular flexibility index (Phi) is 12.5. The number of primary amides is 1. The van der Waals surface area contributed by atoms with Gasteiger partial charge in [0.25, 0.3) is 0 Å². The van der Waals surface area contributed by atoms with Crippen molar-refractivity contribution in [1.82, 2.24) is 16.0 Å². The van der Waals surface area contributed by atoms with Gasteiger partial charge < -0.3 is 26.4 Å². The maximum Gasteiger partial charge on any atom is 0.328 e. The molecule has 0 saturated heterocycles. The number of carbonyl (C=O) groups excluding carboxylic acids is 5. The molecular weight excluding hydrogens is 488 g/mol. The van der Waals surface area contributed by atoms with Gasteiger partial charge in [-0.1, -0.05) is 60.7 Å². The van der Waals surface area contributed by atoms with Crippen molar-refractivity contribution in [1.29, 1.82) is 0 Å². The Hall–Kier alpha value is -4.21. The normalized spacial score (nSPS) is 12.9. The van der Waals surface area contributed by atoms with Gasteiger partial charge in [-0.3, -0.25) is 19.2 Å². The first kappa shape index (κ1) is 30.0. The van der Waals surface area contributed by atoms with Crippen molar-refractivity contribution >= 4 is 29.6 Å². The molecule has 2 aromatic rings. The molecule has 0 fully saturated rings. The summed E-state index contributed by atoms with van der Waals surface area (Å²) in [5, 5.41) is 7.91. The molecule has 0 aromatic heterocycles. The summed E-state index contributed by atoms with van der Waals surface area (Å²) in [5.74, 6) is -2.81. The zero-order valence-electron chi connectivity index (χ0n) is 21.8. The van der Waals surface area contributed by atoms with E-state index >= 15 is 0 Å². The fraction of sp³-hybridized carbons (Fsp3) is 0.393. The third-order valence-electron chi connectivity index (χ3n) is 5.74. The molecular formula is C28H36N4O6. The summed E-state index contributed by atoms with van der Waals surface area (Å²) in [7, 11) is 0. The molecule has 0 heterocycles. The maximum absolute atomic E-state index is 13.2. The van der Waals surface area contributed by atoms with E-state index in [9.17, 15) is 24.0 Å². The Bertz CT molecular complexity index is 1080. The van der Waals surface area contributed by atoms with Gasteiger partial charge in [0.05, 0.1) is 6.61 Å². The Morgan fingerprint density at radius 3 is 1.95 bits per heavy atom. The number of rotatable bonds is 15. The number of aryl methyl sites for hydroxylation is 1. The molecule has 0 aliphatic heterocycles. The molecule has 2 rings (SSSR count). The predicted octanol–water partition coefficient (Wildman–Crippen LogP) is 1.16. The minimum absolute atomic E-state index is 0.0419. The van der Waals surface area contributed by atoms with Crippen LogP contribution >= 0.6 is 0 Å². The van der Waals surface area contributed by atoms with Crippen LogP contribution in [0.3, 0.4) is 0 Å². The molecule has 0 aliphatic rings. The zero-order valence-corrected chi connectivity index (χ0v) is 21.8. The topological polar surface area (TPSA) is 157 Å². The monoisotopic (exact) mass is 524 g/mol. The molecule has 2 aromatic carbocycles. The van der Waals surface area contributed by atoms with Crippen LogP contribution in [0, 0.1) is 0 Å². The second-order valence-electron chi connectivity index (χ2n) is 8.84. The van der Waals surface area contributed by atoms with E-state index in [1.54, 1.807) is 31.2 Å². The van der Waals surface area contributed by atoms with Gasteiger partial charge in [0.15, 0.2) is 0 Å².